The van der Waals surface area contributed by atoms with E-state index in [0.717, 1.165) is 31.0 Å². The van der Waals surface area contributed by atoms with E-state index in [0.29, 0.717) is 12.1 Å². The summed E-state index contributed by atoms with van der Waals surface area (Å²) in [5.74, 6) is 0.728. The summed E-state index contributed by atoms with van der Waals surface area (Å²) in [7, 11) is 1.63. The minimum absolute atomic E-state index is 0.0770. The van der Waals surface area contributed by atoms with E-state index in [1.54, 1.807) is 13.1 Å². The first-order chi connectivity index (χ1) is 9.71. The average molecular weight is 276 g/mol. The Balaban J connectivity index is 2.72. The molecule has 5 heteroatoms. The number of rotatable bonds is 6. The Kier molecular flexibility index (Phi) is 7.17. The van der Waals surface area contributed by atoms with Gasteiger partial charge in [0.25, 0.3) is 5.91 Å². The van der Waals surface area contributed by atoms with E-state index in [1.165, 1.54) is 0 Å². The first kappa shape index (κ1) is 16.0. The summed E-state index contributed by atoms with van der Waals surface area (Å²) in [6.45, 7) is 6.42. The van der Waals surface area contributed by atoms with E-state index in [4.69, 9.17) is 0 Å². The van der Waals surface area contributed by atoms with E-state index >= 15 is 0 Å². The Morgan fingerprint density at radius 3 is 2.70 bits per heavy atom. The van der Waals surface area contributed by atoms with Crippen molar-refractivity contribution in [2.45, 2.75) is 26.8 Å². The topological polar surface area (TPSA) is 65.5 Å². The first-order valence-electron chi connectivity index (χ1n) is 7.04. The summed E-state index contributed by atoms with van der Waals surface area (Å²) in [5.41, 5.74) is 1.67. The minimum atomic E-state index is -0.0770. The van der Waals surface area contributed by atoms with Crippen LogP contribution >= 0.6 is 0 Å². The Hall–Kier alpha value is -2.04. The van der Waals surface area contributed by atoms with Crippen molar-refractivity contribution in [3.05, 3.63) is 35.4 Å². The standard InChI is InChI=1S/C15H24N4O/c1-4-9-18-15(17-5-2)19-11-12-7-6-8-13(10-12)14(20)16-3/h6-8,10H,4-5,9,11H2,1-3H3,(H,16,20)(H2,17,18,19). The van der Waals surface area contributed by atoms with E-state index in [9.17, 15) is 4.79 Å². The Bertz CT molecular complexity index is 457. The smallest absolute Gasteiger partial charge is 0.251 e. The maximum Gasteiger partial charge on any atom is 0.251 e. The van der Waals surface area contributed by atoms with Gasteiger partial charge in [-0.1, -0.05) is 19.1 Å². The molecule has 20 heavy (non-hydrogen) atoms. The summed E-state index contributed by atoms with van der Waals surface area (Å²) in [5, 5.41) is 9.07. The largest absolute Gasteiger partial charge is 0.357 e. The maximum absolute atomic E-state index is 11.6. The first-order valence-corrected chi connectivity index (χ1v) is 7.04. The molecule has 0 aliphatic rings. The van der Waals surface area contributed by atoms with E-state index in [2.05, 4.69) is 27.9 Å². The molecule has 0 bridgehead atoms. The summed E-state index contributed by atoms with van der Waals surface area (Å²) < 4.78 is 0. The monoisotopic (exact) mass is 276 g/mol. The number of guanidine groups is 1. The van der Waals surface area contributed by atoms with Crippen LogP contribution in [0.4, 0.5) is 0 Å². The molecule has 0 radical (unpaired) electrons. The van der Waals surface area contributed by atoms with Crippen LogP contribution in [0.3, 0.4) is 0 Å². The van der Waals surface area contributed by atoms with Crippen molar-refractivity contribution in [2.24, 2.45) is 4.99 Å². The fourth-order valence-corrected chi connectivity index (χ4v) is 1.71. The lowest BCUT2D eigenvalue weighted by Crippen LogP contribution is -2.37. The molecule has 5 nitrogen and oxygen atoms in total. The number of carbonyl (C=O) groups is 1. The van der Waals surface area contributed by atoms with Gasteiger partial charge in [-0.15, -0.1) is 0 Å². The number of benzene rings is 1. The number of carbonyl (C=O) groups excluding carboxylic acids is 1. The molecule has 1 amide bonds. The lowest BCUT2D eigenvalue weighted by Gasteiger charge is -2.10. The normalized spacial score (nSPS) is 11.1. The second kappa shape index (κ2) is 8.96. The van der Waals surface area contributed by atoms with E-state index in [-0.39, 0.29) is 5.91 Å². The third-order valence-electron chi connectivity index (χ3n) is 2.72. The number of aliphatic imine (C=N–C) groups is 1. The number of hydrogen-bond acceptors (Lipinski definition) is 2. The molecule has 110 valence electrons. The van der Waals surface area contributed by atoms with Gasteiger partial charge >= 0.3 is 0 Å². The Morgan fingerprint density at radius 2 is 2.05 bits per heavy atom. The fraction of sp³-hybridized carbons (Fsp3) is 0.467. The predicted molar refractivity (Wildman–Crippen MR) is 82.9 cm³/mol. The zero-order valence-electron chi connectivity index (χ0n) is 12.5. The molecule has 1 aromatic rings. The van der Waals surface area contributed by atoms with Gasteiger partial charge in [0.2, 0.25) is 0 Å². The molecule has 0 fully saturated rings. The van der Waals surface area contributed by atoms with Crippen molar-refractivity contribution in [3.8, 4) is 0 Å². The van der Waals surface area contributed by atoms with Gasteiger partial charge in [-0.25, -0.2) is 4.99 Å². The second-order valence-corrected chi connectivity index (χ2v) is 4.40. The van der Waals surface area contributed by atoms with Gasteiger partial charge in [0.1, 0.15) is 0 Å². The molecule has 1 aromatic carbocycles. The van der Waals surface area contributed by atoms with Crippen molar-refractivity contribution in [3.63, 3.8) is 0 Å². The van der Waals surface area contributed by atoms with Crippen molar-refractivity contribution < 1.29 is 4.79 Å². The number of amides is 1. The van der Waals surface area contributed by atoms with Gasteiger partial charge in [-0.2, -0.15) is 0 Å². The summed E-state index contributed by atoms with van der Waals surface area (Å²) in [6.07, 6.45) is 1.05. The third kappa shape index (κ3) is 5.30. The lowest BCUT2D eigenvalue weighted by molar-refractivity contribution is 0.0963. The van der Waals surface area contributed by atoms with Gasteiger partial charge in [-0.3, -0.25) is 4.79 Å². The molecule has 0 saturated carbocycles. The molecule has 0 heterocycles. The van der Waals surface area contributed by atoms with Crippen LogP contribution in [0.5, 0.6) is 0 Å². The van der Waals surface area contributed by atoms with Crippen LogP contribution in [-0.2, 0) is 6.54 Å². The van der Waals surface area contributed by atoms with Crippen molar-refractivity contribution in [2.75, 3.05) is 20.1 Å². The average Bonchev–Trinajstić information content (AvgIpc) is 2.49. The van der Waals surface area contributed by atoms with Crippen LogP contribution in [0.2, 0.25) is 0 Å². The van der Waals surface area contributed by atoms with Gasteiger partial charge in [-0.05, 0) is 31.0 Å². The molecule has 0 saturated heterocycles. The van der Waals surface area contributed by atoms with Gasteiger partial charge in [0.05, 0.1) is 6.54 Å². The molecule has 0 aromatic heterocycles. The summed E-state index contributed by atoms with van der Waals surface area (Å²) >= 11 is 0. The predicted octanol–water partition coefficient (Wildman–Crippen LogP) is 1.51. The number of nitrogens with one attached hydrogen (secondary N) is 3. The molecule has 1 rings (SSSR count). The fourth-order valence-electron chi connectivity index (χ4n) is 1.71. The molecular formula is C15H24N4O. The van der Waals surface area contributed by atoms with Crippen LogP contribution in [0.15, 0.2) is 29.3 Å². The highest BCUT2D eigenvalue weighted by Crippen LogP contribution is 2.06. The van der Waals surface area contributed by atoms with Crippen LogP contribution in [-0.4, -0.2) is 32.0 Å². The molecule has 0 aliphatic carbocycles. The van der Waals surface area contributed by atoms with Crippen molar-refractivity contribution in [1.29, 1.82) is 0 Å². The Morgan fingerprint density at radius 1 is 1.25 bits per heavy atom. The van der Waals surface area contributed by atoms with Crippen molar-refractivity contribution >= 4 is 11.9 Å². The minimum Gasteiger partial charge on any atom is -0.357 e. The highest BCUT2D eigenvalue weighted by Gasteiger charge is 2.03. The summed E-state index contributed by atoms with van der Waals surface area (Å²) in [6, 6.07) is 7.51. The molecule has 0 spiro atoms. The third-order valence-corrected chi connectivity index (χ3v) is 2.72. The highest BCUT2D eigenvalue weighted by atomic mass is 16.1. The van der Waals surface area contributed by atoms with Crippen LogP contribution in [0.25, 0.3) is 0 Å². The van der Waals surface area contributed by atoms with Gasteiger partial charge < -0.3 is 16.0 Å². The van der Waals surface area contributed by atoms with Crippen LogP contribution < -0.4 is 16.0 Å². The zero-order valence-corrected chi connectivity index (χ0v) is 12.5. The SMILES string of the molecule is CCCNC(=NCc1cccc(C(=O)NC)c1)NCC. The zero-order chi connectivity index (χ0) is 14.8. The van der Waals surface area contributed by atoms with Gasteiger partial charge in [0.15, 0.2) is 5.96 Å². The maximum atomic E-state index is 11.6. The van der Waals surface area contributed by atoms with Crippen molar-refractivity contribution in [1.82, 2.24) is 16.0 Å². The highest BCUT2D eigenvalue weighted by molar-refractivity contribution is 5.94. The number of hydrogen-bond donors (Lipinski definition) is 3. The molecular weight excluding hydrogens is 252 g/mol. The molecule has 0 atom stereocenters. The quantitative estimate of drug-likeness (QED) is 0.545. The molecule has 0 unspecified atom stereocenters. The van der Waals surface area contributed by atoms with E-state index < -0.39 is 0 Å². The van der Waals surface area contributed by atoms with E-state index in [1.807, 2.05) is 25.1 Å². The molecule has 0 aliphatic heterocycles. The lowest BCUT2D eigenvalue weighted by atomic mass is 10.1. The number of nitrogens with zero attached hydrogens (tertiary/aromatic N) is 1. The summed E-state index contributed by atoms with van der Waals surface area (Å²) in [4.78, 5) is 16.1. The van der Waals surface area contributed by atoms with Crippen LogP contribution in [0, 0.1) is 0 Å². The van der Waals surface area contributed by atoms with Crippen LogP contribution in [0.1, 0.15) is 36.2 Å². The van der Waals surface area contributed by atoms with Gasteiger partial charge in [0, 0.05) is 25.7 Å². The Labute approximate surface area is 120 Å². The molecule has 3 N–H and O–H groups in total. The second-order valence-electron chi connectivity index (χ2n) is 4.40.